The number of unbranched alkanes of at least 4 members (excludes halogenated alkanes) is 14. The Morgan fingerprint density at radius 2 is 1.14 bits per heavy atom. The fraction of sp³-hybridized carbons (Fsp3) is 0.581. The van der Waals surface area contributed by atoms with E-state index in [1.807, 2.05) is 4.57 Å². The smallest absolute Gasteiger partial charge is 0.744 e. The first kappa shape index (κ1) is 40.8. The van der Waals surface area contributed by atoms with Crippen LogP contribution in [0.15, 0.2) is 52.3 Å². The number of imidazole rings is 1. The maximum Gasteiger partial charge on any atom is 1.00 e. The quantitative estimate of drug-likeness (QED) is 0.102. The normalized spacial score (nSPS) is 11.8. The number of fused-ring (bicyclic) bond motifs is 1. The van der Waals surface area contributed by atoms with Crippen LogP contribution in [0, 0.1) is 0 Å². The van der Waals surface area contributed by atoms with E-state index in [-0.39, 0.29) is 74.4 Å². The average Bonchev–Trinajstić information content (AvgIpc) is 3.27. The molecule has 0 radical (unpaired) electrons. The first-order chi connectivity index (χ1) is 19.6. The molecule has 0 spiro atoms. The van der Waals surface area contributed by atoms with Crippen LogP contribution < -0.4 is 59.1 Å². The largest absolute Gasteiger partial charge is 1.00 e. The summed E-state index contributed by atoms with van der Waals surface area (Å²) >= 11 is 0. The second-order valence-corrected chi connectivity index (χ2v) is 13.7. The summed E-state index contributed by atoms with van der Waals surface area (Å²) in [6.45, 7) is 2.55. The molecular formula is C31H44N2Na2O6S2. The third kappa shape index (κ3) is 13.9. The molecule has 1 aromatic heterocycles. The summed E-state index contributed by atoms with van der Waals surface area (Å²) in [5, 5.41) is 0. The van der Waals surface area contributed by atoms with Crippen LogP contribution in [0.2, 0.25) is 0 Å². The van der Waals surface area contributed by atoms with Gasteiger partial charge in [-0.2, -0.15) is 0 Å². The van der Waals surface area contributed by atoms with Crippen molar-refractivity contribution in [1.29, 1.82) is 0 Å². The van der Waals surface area contributed by atoms with E-state index >= 15 is 0 Å². The molecule has 228 valence electrons. The van der Waals surface area contributed by atoms with Crippen LogP contribution in [0.25, 0.3) is 11.0 Å². The van der Waals surface area contributed by atoms with Crippen molar-refractivity contribution in [2.24, 2.45) is 0 Å². The van der Waals surface area contributed by atoms with Crippen molar-refractivity contribution in [1.82, 2.24) is 9.55 Å². The third-order valence-electron chi connectivity index (χ3n) is 7.65. The van der Waals surface area contributed by atoms with Gasteiger partial charge in [-0.25, -0.2) is 21.8 Å². The first-order valence-corrected chi connectivity index (χ1v) is 17.9. The van der Waals surface area contributed by atoms with Gasteiger partial charge in [0.05, 0.1) is 15.3 Å². The van der Waals surface area contributed by atoms with Gasteiger partial charge in [-0.05, 0) is 36.2 Å². The maximum absolute atomic E-state index is 11.9. The van der Waals surface area contributed by atoms with Gasteiger partial charge in [0.2, 0.25) is 0 Å². The van der Waals surface area contributed by atoms with Crippen molar-refractivity contribution in [3.8, 4) is 0 Å². The van der Waals surface area contributed by atoms with Gasteiger partial charge < -0.3 is 13.7 Å². The Labute approximate surface area is 302 Å². The number of hydrogen-bond acceptors (Lipinski definition) is 7. The van der Waals surface area contributed by atoms with E-state index in [9.17, 15) is 25.9 Å². The molecule has 0 aliphatic rings. The molecule has 0 N–H and O–H groups in total. The first-order valence-electron chi connectivity index (χ1n) is 15.1. The average molecular weight is 651 g/mol. The minimum absolute atomic E-state index is 0. The van der Waals surface area contributed by atoms with Gasteiger partial charge in [-0.15, -0.1) is 0 Å². The predicted molar refractivity (Wildman–Crippen MR) is 160 cm³/mol. The Morgan fingerprint density at radius 1 is 0.651 bits per heavy atom. The number of rotatable bonds is 20. The molecular weight excluding hydrogens is 606 g/mol. The van der Waals surface area contributed by atoms with Crippen molar-refractivity contribution in [2.45, 2.75) is 126 Å². The molecule has 43 heavy (non-hydrogen) atoms. The summed E-state index contributed by atoms with van der Waals surface area (Å²) < 4.78 is 71.3. The van der Waals surface area contributed by atoms with Crippen LogP contribution in [0.5, 0.6) is 0 Å². The Hall–Kier alpha value is -0.270. The summed E-state index contributed by atoms with van der Waals surface area (Å²) in [7, 11) is -9.26. The number of nitrogens with zero attached hydrogens (tertiary/aromatic N) is 2. The number of aromatic nitrogens is 2. The van der Waals surface area contributed by atoms with Gasteiger partial charge in [-0.1, -0.05) is 115 Å². The van der Waals surface area contributed by atoms with Crippen LogP contribution in [-0.4, -0.2) is 35.5 Å². The Kier molecular flexibility index (Phi) is 19.7. The molecule has 0 fully saturated rings. The monoisotopic (exact) mass is 650 g/mol. The summed E-state index contributed by atoms with van der Waals surface area (Å²) in [4.78, 5) is 3.91. The SMILES string of the molecule is CCCCCCCCCCCCCCCCCc1nc2c(S(=O)(=O)[O-])cccc2n1Cc1ccc(S(=O)(=O)[O-])cc1.[Na+].[Na+]. The van der Waals surface area contributed by atoms with Crippen LogP contribution in [0.4, 0.5) is 0 Å². The minimum Gasteiger partial charge on any atom is -0.744 e. The van der Waals surface area contributed by atoms with Crippen molar-refractivity contribution >= 4 is 31.3 Å². The van der Waals surface area contributed by atoms with E-state index in [2.05, 4.69) is 11.9 Å². The molecule has 0 aliphatic carbocycles. The number of benzene rings is 2. The molecule has 0 amide bonds. The number of para-hydroxylation sites is 1. The van der Waals surface area contributed by atoms with Gasteiger partial charge in [0.25, 0.3) is 0 Å². The van der Waals surface area contributed by atoms with Crippen LogP contribution in [0.3, 0.4) is 0 Å². The molecule has 0 bridgehead atoms. The fourth-order valence-corrected chi connectivity index (χ4v) is 6.44. The zero-order valence-corrected chi connectivity index (χ0v) is 31.9. The maximum atomic E-state index is 11.9. The van der Waals surface area contributed by atoms with Crippen molar-refractivity contribution in [3.63, 3.8) is 0 Å². The zero-order valence-electron chi connectivity index (χ0n) is 26.2. The molecule has 3 rings (SSSR count). The number of hydrogen-bond donors (Lipinski definition) is 0. The van der Waals surface area contributed by atoms with E-state index < -0.39 is 20.2 Å². The summed E-state index contributed by atoms with van der Waals surface area (Å²) in [6, 6.07) is 10.2. The van der Waals surface area contributed by atoms with E-state index in [0.29, 0.717) is 24.3 Å². The third-order valence-corrected chi connectivity index (χ3v) is 9.36. The molecule has 1 heterocycles. The minimum atomic E-state index is -4.71. The van der Waals surface area contributed by atoms with Crippen LogP contribution in [-0.2, 0) is 33.2 Å². The fourth-order valence-electron chi connectivity index (χ4n) is 5.34. The van der Waals surface area contributed by atoms with Crippen LogP contribution in [0.1, 0.15) is 115 Å². The molecule has 0 saturated heterocycles. The topological polar surface area (TPSA) is 132 Å². The molecule has 0 unspecified atom stereocenters. The number of aryl methyl sites for hydroxylation is 1. The van der Waals surface area contributed by atoms with Crippen molar-refractivity contribution in [3.05, 3.63) is 53.9 Å². The molecule has 12 heteroatoms. The van der Waals surface area contributed by atoms with Gasteiger partial charge >= 0.3 is 59.1 Å². The van der Waals surface area contributed by atoms with E-state index in [1.54, 1.807) is 18.2 Å². The Balaban J connectivity index is 0.00000462. The standard InChI is InChI=1S/C31H46N2O6S2.2Na/c1-2-3-4-5-6-7-8-9-10-11-12-13-14-15-16-20-30-32-31-28(18-17-19-29(31)41(37,38)39)33(30)25-26-21-23-27(24-22-26)40(34,35)36;;/h17-19,21-24H,2-16,20,25H2,1H3,(H,34,35,36)(H,37,38,39);;/q;2*+1/p-2. The van der Waals surface area contributed by atoms with E-state index in [1.165, 1.54) is 101 Å². The second-order valence-electron chi connectivity index (χ2n) is 11.0. The molecule has 8 nitrogen and oxygen atoms in total. The summed E-state index contributed by atoms with van der Waals surface area (Å²) in [5.74, 6) is 0.673. The van der Waals surface area contributed by atoms with E-state index in [0.717, 1.165) is 24.8 Å². The van der Waals surface area contributed by atoms with Gasteiger partial charge in [0.15, 0.2) is 0 Å². The van der Waals surface area contributed by atoms with Crippen molar-refractivity contribution < 1.29 is 85.1 Å². The summed E-state index contributed by atoms with van der Waals surface area (Å²) in [5.41, 5.74) is 1.40. The predicted octanol–water partition coefficient (Wildman–Crippen LogP) is 1.31. The van der Waals surface area contributed by atoms with Crippen molar-refractivity contribution in [2.75, 3.05) is 0 Å². The summed E-state index contributed by atoms with van der Waals surface area (Å²) in [6.07, 6.45) is 19.5. The van der Waals surface area contributed by atoms with Gasteiger partial charge in [0.1, 0.15) is 31.6 Å². The van der Waals surface area contributed by atoms with E-state index in [4.69, 9.17) is 0 Å². The Morgan fingerprint density at radius 3 is 1.60 bits per heavy atom. The molecule has 2 aromatic carbocycles. The van der Waals surface area contributed by atoms with Crippen LogP contribution >= 0.6 is 0 Å². The Bertz CT molecular complexity index is 1440. The zero-order chi connectivity index (χ0) is 29.7. The molecule has 3 aromatic rings. The molecule has 0 saturated carbocycles. The van der Waals surface area contributed by atoms with Gasteiger partial charge in [-0.3, -0.25) is 0 Å². The molecule has 0 aliphatic heterocycles. The van der Waals surface area contributed by atoms with Gasteiger partial charge in [0, 0.05) is 13.0 Å². The molecule has 0 atom stereocenters. The second kappa shape index (κ2) is 20.8.